The lowest BCUT2D eigenvalue weighted by molar-refractivity contribution is -0.126. The molecule has 1 atom stereocenters. The van der Waals surface area contributed by atoms with Crippen molar-refractivity contribution < 1.29 is 4.79 Å². The molecule has 1 aliphatic rings. The molecule has 0 bridgehead atoms. The molecule has 0 aromatic carbocycles. The fourth-order valence-corrected chi connectivity index (χ4v) is 2.46. The number of Topliss-reactive ketones (excluding diaryl/α,β-unsaturated/α-hetero) is 1. The van der Waals surface area contributed by atoms with E-state index < -0.39 is 0 Å². The first-order valence-corrected chi connectivity index (χ1v) is 6.35. The van der Waals surface area contributed by atoms with Crippen LogP contribution in [0.4, 0.5) is 0 Å². The van der Waals surface area contributed by atoms with Gasteiger partial charge in [-0.2, -0.15) is 0 Å². The van der Waals surface area contributed by atoms with Crippen LogP contribution in [0, 0.1) is 17.8 Å². The topological polar surface area (TPSA) is 43.1 Å². The highest BCUT2D eigenvalue weighted by molar-refractivity contribution is 5.86. The van der Waals surface area contributed by atoms with Gasteiger partial charge in [-0.05, 0) is 37.5 Å². The fraction of sp³-hybridized carbons (Fsp3) is 0.923. The van der Waals surface area contributed by atoms with Crippen molar-refractivity contribution in [3.63, 3.8) is 0 Å². The minimum atomic E-state index is -0.242. The molecule has 0 saturated heterocycles. The minimum absolute atomic E-state index is 0.242. The average Bonchev–Trinajstić information content (AvgIpc) is 2.27. The molecule has 88 valence electrons. The first-order chi connectivity index (χ1) is 7.06. The second kappa shape index (κ2) is 5.64. The summed E-state index contributed by atoms with van der Waals surface area (Å²) >= 11 is 0. The molecule has 2 heteroatoms. The summed E-state index contributed by atoms with van der Waals surface area (Å²) in [5.41, 5.74) is 5.91. The van der Waals surface area contributed by atoms with Crippen LogP contribution in [0.3, 0.4) is 0 Å². The van der Waals surface area contributed by atoms with Crippen LogP contribution in [-0.4, -0.2) is 11.8 Å². The zero-order valence-electron chi connectivity index (χ0n) is 10.3. The second-order valence-corrected chi connectivity index (χ2v) is 5.30. The molecule has 1 aliphatic carbocycles. The van der Waals surface area contributed by atoms with Crippen molar-refractivity contribution in [3.05, 3.63) is 0 Å². The Kier molecular flexibility index (Phi) is 4.78. The standard InChI is InChI=1S/C13H25NO/c1-4-10-5-7-11(8-6-10)13(15)12(14)9(2)3/h9-12H,4-8,14H2,1-3H3. The van der Waals surface area contributed by atoms with Crippen LogP contribution < -0.4 is 5.73 Å². The van der Waals surface area contributed by atoms with Crippen LogP contribution in [0.25, 0.3) is 0 Å². The highest BCUT2D eigenvalue weighted by Crippen LogP contribution is 2.31. The molecule has 1 fully saturated rings. The van der Waals surface area contributed by atoms with E-state index in [0.717, 1.165) is 18.8 Å². The van der Waals surface area contributed by atoms with Gasteiger partial charge in [-0.25, -0.2) is 0 Å². The Morgan fingerprint density at radius 2 is 1.80 bits per heavy atom. The summed E-state index contributed by atoms with van der Waals surface area (Å²) in [7, 11) is 0. The highest BCUT2D eigenvalue weighted by atomic mass is 16.1. The first-order valence-electron chi connectivity index (χ1n) is 6.35. The minimum Gasteiger partial charge on any atom is -0.321 e. The van der Waals surface area contributed by atoms with E-state index >= 15 is 0 Å². The summed E-state index contributed by atoms with van der Waals surface area (Å²) in [6, 6.07) is -0.242. The van der Waals surface area contributed by atoms with Crippen molar-refractivity contribution in [2.24, 2.45) is 23.5 Å². The van der Waals surface area contributed by atoms with Gasteiger partial charge in [0, 0.05) is 5.92 Å². The number of carbonyl (C=O) groups is 1. The lowest BCUT2D eigenvalue weighted by Gasteiger charge is -2.29. The summed E-state index contributed by atoms with van der Waals surface area (Å²) in [4.78, 5) is 12.0. The van der Waals surface area contributed by atoms with E-state index in [1.807, 2.05) is 13.8 Å². The Bertz CT molecular complexity index is 205. The number of carbonyl (C=O) groups excluding carboxylic acids is 1. The van der Waals surface area contributed by atoms with E-state index in [4.69, 9.17) is 5.73 Å². The molecule has 1 unspecified atom stereocenters. The van der Waals surface area contributed by atoms with Crippen molar-refractivity contribution >= 4 is 5.78 Å². The van der Waals surface area contributed by atoms with Gasteiger partial charge in [-0.15, -0.1) is 0 Å². The van der Waals surface area contributed by atoms with Crippen LogP contribution in [0.5, 0.6) is 0 Å². The molecule has 1 saturated carbocycles. The average molecular weight is 211 g/mol. The second-order valence-electron chi connectivity index (χ2n) is 5.30. The Morgan fingerprint density at radius 3 is 2.20 bits per heavy atom. The van der Waals surface area contributed by atoms with Gasteiger partial charge in [0.25, 0.3) is 0 Å². The van der Waals surface area contributed by atoms with Gasteiger partial charge in [0.15, 0.2) is 5.78 Å². The quantitative estimate of drug-likeness (QED) is 0.777. The molecular formula is C13H25NO. The van der Waals surface area contributed by atoms with Gasteiger partial charge in [0.1, 0.15) is 0 Å². The summed E-state index contributed by atoms with van der Waals surface area (Å²) in [5, 5.41) is 0. The lowest BCUT2D eigenvalue weighted by Crippen LogP contribution is -2.40. The normalized spacial score (nSPS) is 29.1. The molecule has 2 nitrogen and oxygen atoms in total. The van der Waals surface area contributed by atoms with Crippen LogP contribution in [0.15, 0.2) is 0 Å². The molecule has 0 radical (unpaired) electrons. The van der Waals surface area contributed by atoms with Crippen LogP contribution in [-0.2, 0) is 4.79 Å². The summed E-state index contributed by atoms with van der Waals surface area (Å²) in [5.74, 6) is 1.69. The molecule has 0 heterocycles. The Hall–Kier alpha value is -0.370. The smallest absolute Gasteiger partial charge is 0.152 e. The largest absolute Gasteiger partial charge is 0.321 e. The highest BCUT2D eigenvalue weighted by Gasteiger charge is 2.29. The molecule has 0 amide bonds. The maximum Gasteiger partial charge on any atom is 0.152 e. The fourth-order valence-electron chi connectivity index (χ4n) is 2.46. The van der Waals surface area contributed by atoms with E-state index in [2.05, 4.69) is 6.92 Å². The van der Waals surface area contributed by atoms with Crippen molar-refractivity contribution in [1.29, 1.82) is 0 Å². The van der Waals surface area contributed by atoms with Crippen molar-refractivity contribution in [2.45, 2.75) is 58.9 Å². The third kappa shape index (κ3) is 3.30. The van der Waals surface area contributed by atoms with E-state index in [1.165, 1.54) is 19.3 Å². The van der Waals surface area contributed by atoms with E-state index in [1.54, 1.807) is 0 Å². The molecule has 0 aromatic rings. The van der Waals surface area contributed by atoms with Gasteiger partial charge in [-0.3, -0.25) is 4.79 Å². The molecule has 0 spiro atoms. The maximum atomic E-state index is 12.0. The number of hydrogen-bond donors (Lipinski definition) is 1. The van der Waals surface area contributed by atoms with E-state index in [-0.39, 0.29) is 17.9 Å². The summed E-state index contributed by atoms with van der Waals surface area (Å²) < 4.78 is 0. The maximum absolute atomic E-state index is 12.0. The number of ketones is 1. The van der Waals surface area contributed by atoms with Crippen molar-refractivity contribution in [2.75, 3.05) is 0 Å². The number of hydrogen-bond acceptors (Lipinski definition) is 2. The van der Waals surface area contributed by atoms with Gasteiger partial charge in [0.2, 0.25) is 0 Å². The predicted molar refractivity (Wildman–Crippen MR) is 63.6 cm³/mol. The lowest BCUT2D eigenvalue weighted by atomic mass is 9.76. The third-order valence-corrected chi connectivity index (χ3v) is 3.87. The molecule has 2 N–H and O–H groups in total. The predicted octanol–water partition coefficient (Wildman–Crippen LogP) is 2.76. The summed E-state index contributed by atoms with van der Waals surface area (Å²) in [6.45, 7) is 6.30. The van der Waals surface area contributed by atoms with Gasteiger partial charge in [0.05, 0.1) is 6.04 Å². The molecule has 1 rings (SSSR count). The number of rotatable bonds is 4. The van der Waals surface area contributed by atoms with Crippen LogP contribution >= 0.6 is 0 Å². The third-order valence-electron chi connectivity index (χ3n) is 3.87. The van der Waals surface area contributed by atoms with Gasteiger partial charge in [-0.1, -0.05) is 27.2 Å². The Morgan fingerprint density at radius 1 is 1.27 bits per heavy atom. The van der Waals surface area contributed by atoms with E-state index in [0.29, 0.717) is 5.78 Å². The Balaban J connectivity index is 2.42. The molecule has 0 aliphatic heterocycles. The number of nitrogens with two attached hydrogens (primary N) is 1. The van der Waals surface area contributed by atoms with Crippen molar-refractivity contribution in [3.8, 4) is 0 Å². The zero-order valence-corrected chi connectivity index (χ0v) is 10.3. The van der Waals surface area contributed by atoms with Gasteiger partial charge >= 0.3 is 0 Å². The first kappa shape index (κ1) is 12.7. The molecule has 15 heavy (non-hydrogen) atoms. The van der Waals surface area contributed by atoms with Crippen LogP contribution in [0.2, 0.25) is 0 Å². The summed E-state index contributed by atoms with van der Waals surface area (Å²) in [6.07, 6.45) is 5.84. The Labute approximate surface area is 93.6 Å². The zero-order chi connectivity index (χ0) is 11.4. The van der Waals surface area contributed by atoms with Gasteiger partial charge < -0.3 is 5.73 Å². The van der Waals surface area contributed by atoms with Crippen molar-refractivity contribution in [1.82, 2.24) is 0 Å². The monoisotopic (exact) mass is 211 g/mol. The van der Waals surface area contributed by atoms with E-state index in [9.17, 15) is 4.79 Å². The SMILES string of the molecule is CCC1CCC(C(=O)C(N)C(C)C)CC1. The molecule has 0 aromatic heterocycles. The van der Waals surface area contributed by atoms with Crippen LogP contribution in [0.1, 0.15) is 52.9 Å². The molecular weight excluding hydrogens is 186 g/mol.